The lowest BCUT2D eigenvalue weighted by molar-refractivity contribution is 0.0696. The van der Waals surface area contributed by atoms with Crippen LogP contribution in [0.3, 0.4) is 0 Å². The van der Waals surface area contributed by atoms with Gasteiger partial charge in [0, 0.05) is 19.6 Å². The van der Waals surface area contributed by atoms with Gasteiger partial charge in [-0.3, -0.25) is 4.90 Å². The van der Waals surface area contributed by atoms with Gasteiger partial charge in [-0.25, -0.2) is 9.18 Å². The molecule has 102 valence electrons. The van der Waals surface area contributed by atoms with Crippen molar-refractivity contribution in [2.75, 3.05) is 0 Å². The molecule has 2 aromatic carbocycles. The molecule has 1 N–H and O–H groups in total. The molecule has 0 fully saturated rings. The Balaban J connectivity index is 1.75. The Morgan fingerprint density at radius 2 is 1.95 bits per heavy atom. The summed E-state index contributed by atoms with van der Waals surface area (Å²) in [7, 11) is 0. The largest absolute Gasteiger partial charge is 0.478 e. The second-order valence-corrected chi connectivity index (χ2v) is 5.06. The van der Waals surface area contributed by atoms with E-state index in [0.29, 0.717) is 18.7 Å². The molecule has 20 heavy (non-hydrogen) atoms. The predicted molar refractivity (Wildman–Crippen MR) is 72.8 cm³/mol. The first kappa shape index (κ1) is 12.8. The first-order valence-corrected chi connectivity index (χ1v) is 6.44. The van der Waals surface area contributed by atoms with Crippen LogP contribution in [0.15, 0.2) is 42.5 Å². The molecule has 0 atom stereocenters. The van der Waals surface area contributed by atoms with Gasteiger partial charge in [0.2, 0.25) is 0 Å². The molecule has 0 amide bonds. The molecule has 2 aromatic rings. The van der Waals surface area contributed by atoms with Gasteiger partial charge < -0.3 is 5.11 Å². The molecule has 1 heterocycles. The van der Waals surface area contributed by atoms with Crippen molar-refractivity contribution >= 4 is 5.97 Å². The standard InChI is InChI=1S/C16H14FNO2/c17-15-3-1-2-11(6-15)8-18-9-13-5-4-12(16(19)20)7-14(13)10-18/h1-7H,8-10H2,(H,19,20). The van der Waals surface area contributed by atoms with Gasteiger partial charge in [0.1, 0.15) is 5.82 Å². The van der Waals surface area contributed by atoms with Crippen molar-refractivity contribution in [2.45, 2.75) is 19.6 Å². The predicted octanol–water partition coefficient (Wildman–Crippen LogP) is 3.04. The van der Waals surface area contributed by atoms with Gasteiger partial charge >= 0.3 is 5.97 Å². The topological polar surface area (TPSA) is 40.5 Å². The Morgan fingerprint density at radius 3 is 2.70 bits per heavy atom. The molecule has 0 spiro atoms. The Hall–Kier alpha value is -2.20. The van der Waals surface area contributed by atoms with Crippen molar-refractivity contribution in [3.8, 4) is 0 Å². The third kappa shape index (κ3) is 2.56. The molecule has 0 radical (unpaired) electrons. The van der Waals surface area contributed by atoms with Crippen molar-refractivity contribution in [1.29, 1.82) is 0 Å². The molecule has 3 rings (SSSR count). The lowest BCUT2D eigenvalue weighted by Gasteiger charge is -2.14. The van der Waals surface area contributed by atoms with Crippen LogP contribution >= 0.6 is 0 Å². The number of aromatic carboxylic acids is 1. The molecule has 0 aliphatic carbocycles. The van der Waals surface area contributed by atoms with Crippen LogP contribution in [0.1, 0.15) is 27.0 Å². The van der Waals surface area contributed by atoms with Gasteiger partial charge in [-0.15, -0.1) is 0 Å². The van der Waals surface area contributed by atoms with Crippen molar-refractivity contribution < 1.29 is 14.3 Å². The van der Waals surface area contributed by atoms with Gasteiger partial charge in [0.15, 0.2) is 0 Å². The summed E-state index contributed by atoms with van der Waals surface area (Å²) in [5, 5.41) is 8.99. The fourth-order valence-corrected chi connectivity index (χ4v) is 2.60. The molecule has 4 heteroatoms. The lowest BCUT2D eigenvalue weighted by atomic mass is 10.1. The van der Waals surface area contributed by atoms with Crippen LogP contribution in [0.25, 0.3) is 0 Å². The highest BCUT2D eigenvalue weighted by Crippen LogP contribution is 2.25. The van der Waals surface area contributed by atoms with Gasteiger partial charge in [0.05, 0.1) is 5.56 Å². The number of halogens is 1. The van der Waals surface area contributed by atoms with E-state index in [9.17, 15) is 9.18 Å². The first-order chi connectivity index (χ1) is 9.61. The van der Waals surface area contributed by atoms with Crippen LogP contribution in [-0.2, 0) is 19.6 Å². The van der Waals surface area contributed by atoms with Crippen LogP contribution in [0.4, 0.5) is 4.39 Å². The summed E-state index contributed by atoms with van der Waals surface area (Å²) in [6.07, 6.45) is 0. The molecule has 3 nitrogen and oxygen atoms in total. The average Bonchev–Trinajstić information content (AvgIpc) is 2.79. The minimum Gasteiger partial charge on any atom is -0.478 e. The zero-order valence-corrected chi connectivity index (χ0v) is 10.8. The first-order valence-electron chi connectivity index (χ1n) is 6.44. The Morgan fingerprint density at radius 1 is 1.15 bits per heavy atom. The van der Waals surface area contributed by atoms with E-state index >= 15 is 0 Å². The van der Waals surface area contributed by atoms with E-state index in [4.69, 9.17) is 5.11 Å². The molecular weight excluding hydrogens is 257 g/mol. The van der Waals surface area contributed by atoms with E-state index in [1.165, 1.54) is 12.1 Å². The highest BCUT2D eigenvalue weighted by molar-refractivity contribution is 5.87. The van der Waals surface area contributed by atoms with Gasteiger partial charge in [-0.1, -0.05) is 18.2 Å². The van der Waals surface area contributed by atoms with E-state index in [0.717, 1.165) is 23.2 Å². The third-order valence-corrected chi connectivity index (χ3v) is 3.54. The van der Waals surface area contributed by atoms with E-state index in [-0.39, 0.29) is 5.82 Å². The molecule has 0 saturated carbocycles. The van der Waals surface area contributed by atoms with Crippen LogP contribution in [0.2, 0.25) is 0 Å². The lowest BCUT2D eigenvalue weighted by Crippen LogP contribution is -2.15. The van der Waals surface area contributed by atoms with Crippen LogP contribution in [-0.4, -0.2) is 16.0 Å². The summed E-state index contributed by atoms with van der Waals surface area (Å²) < 4.78 is 13.2. The summed E-state index contributed by atoms with van der Waals surface area (Å²) in [6, 6.07) is 11.8. The second kappa shape index (κ2) is 5.06. The highest BCUT2D eigenvalue weighted by atomic mass is 19.1. The Kier molecular flexibility index (Phi) is 3.24. The molecular formula is C16H14FNO2. The van der Waals surface area contributed by atoms with E-state index in [1.54, 1.807) is 18.2 Å². The Bertz CT molecular complexity index is 669. The minimum atomic E-state index is -0.906. The number of fused-ring (bicyclic) bond motifs is 1. The quantitative estimate of drug-likeness (QED) is 0.932. The maximum atomic E-state index is 13.2. The van der Waals surface area contributed by atoms with E-state index in [2.05, 4.69) is 4.90 Å². The molecule has 1 aliphatic rings. The molecule has 0 aromatic heterocycles. The normalized spacial score (nSPS) is 14.2. The summed E-state index contributed by atoms with van der Waals surface area (Å²) in [5.74, 6) is -1.14. The number of carbonyl (C=O) groups is 1. The number of hydrogen-bond acceptors (Lipinski definition) is 2. The Labute approximate surface area is 116 Å². The van der Waals surface area contributed by atoms with Crippen LogP contribution < -0.4 is 0 Å². The van der Waals surface area contributed by atoms with Crippen LogP contribution in [0, 0.1) is 5.82 Å². The number of hydrogen-bond donors (Lipinski definition) is 1. The number of rotatable bonds is 3. The van der Waals surface area contributed by atoms with E-state index < -0.39 is 5.97 Å². The fraction of sp³-hybridized carbons (Fsp3) is 0.188. The zero-order chi connectivity index (χ0) is 14.1. The smallest absolute Gasteiger partial charge is 0.335 e. The number of carboxylic acid groups (broad SMARTS) is 1. The van der Waals surface area contributed by atoms with Gasteiger partial charge in [-0.2, -0.15) is 0 Å². The number of nitrogens with zero attached hydrogens (tertiary/aromatic N) is 1. The average molecular weight is 271 g/mol. The summed E-state index contributed by atoms with van der Waals surface area (Å²) in [6.45, 7) is 2.13. The zero-order valence-electron chi connectivity index (χ0n) is 10.8. The summed E-state index contributed by atoms with van der Waals surface area (Å²) >= 11 is 0. The highest BCUT2D eigenvalue weighted by Gasteiger charge is 2.20. The van der Waals surface area contributed by atoms with Gasteiger partial charge in [0.25, 0.3) is 0 Å². The molecule has 0 saturated heterocycles. The van der Waals surface area contributed by atoms with E-state index in [1.807, 2.05) is 12.1 Å². The fourth-order valence-electron chi connectivity index (χ4n) is 2.60. The van der Waals surface area contributed by atoms with Gasteiger partial charge in [-0.05, 0) is 41.0 Å². The maximum Gasteiger partial charge on any atom is 0.335 e. The monoisotopic (exact) mass is 271 g/mol. The summed E-state index contributed by atoms with van der Waals surface area (Å²) in [4.78, 5) is 13.1. The second-order valence-electron chi connectivity index (χ2n) is 5.06. The summed E-state index contributed by atoms with van der Waals surface area (Å²) in [5.41, 5.74) is 3.43. The van der Waals surface area contributed by atoms with Crippen molar-refractivity contribution in [1.82, 2.24) is 4.90 Å². The maximum absolute atomic E-state index is 13.2. The molecule has 0 unspecified atom stereocenters. The van der Waals surface area contributed by atoms with Crippen LogP contribution in [0.5, 0.6) is 0 Å². The number of carboxylic acids is 1. The molecule has 0 bridgehead atoms. The van der Waals surface area contributed by atoms with Crippen molar-refractivity contribution in [3.63, 3.8) is 0 Å². The van der Waals surface area contributed by atoms with Crippen molar-refractivity contribution in [3.05, 3.63) is 70.5 Å². The molecule has 1 aliphatic heterocycles. The SMILES string of the molecule is O=C(O)c1ccc2c(c1)CN(Cc1cccc(F)c1)C2. The van der Waals surface area contributed by atoms with Crippen molar-refractivity contribution in [2.24, 2.45) is 0 Å². The minimum absolute atomic E-state index is 0.229. The number of benzene rings is 2. The third-order valence-electron chi connectivity index (χ3n) is 3.54.